The normalized spacial score (nSPS) is 10.3. The first kappa shape index (κ1) is 14.3. The lowest BCUT2D eigenvalue weighted by Crippen LogP contribution is -1.97. The summed E-state index contributed by atoms with van der Waals surface area (Å²) in [5.74, 6) is 0. The fourth-order valence-electron chi connectivity index (χ4n) is 1.49. The first-order valence-corrected chi connectivity index (χ1v) is 7.10. The second-order valence-electron chi connectivity index (χ2n) is 3.67. The summed E-state index contributed by atoms with van der Waals surface area (Å²) in [6, 6.07) is 10.0. The Morgan fingerprint density at radius 2 is 1.89 bits per heavy atom. The number of nitro groups is 1. The van der Waals surface area contributed by atoms with Crippen molar-refractivity contribution >= 4 is 60.5 Å². The molecule has 98 valence electrons. The minimum absolute atomic E-state index is 0.000414. The predicted molar refractivity (Wildman–Crippen MR) is 83.2 cm³/mol. The minimum atomic E-state index is -0.432. The topological polar surface area (TPSA) is 55.2 Å². The van der Waals surface area contributed by atoms with Crippen LogP contribution in [-0.2, 0) is 0 Å². The second kappa shape index (κ2) is 5.90. The van der Waals surface area contributed by atoms with Crippen molar-refractivity contribution in [3.63, 3.8) is 0 Å². The molecule has 0 amide bonds. The van der Waals surface area contributed by atoms with Gasteiger partial charge in [-0.25, -0.2) is 0 Å². The summed E-state index contributed by atoms with van der Waals surface area (Å²) in [4.78, 5) is 10.6. The number of nitrogens with zero attached hydrogens (tertiary/aromatic N) is 1. The number of halogens is 3. The van der Waals surface area contributed by atoms with Crippen molar-refractivity contribution in [2.24, 2.45) is 0 Å². The van der Waals surface area contributed by atoms with E-state index in [2.05, 4.69) is 37.2 Å². The fourth-order valence-corrected chi connectivity index (χ4v) is 2.34. The van der Waals surface area contributed by atoms with Crippen LogP contribution in [0.15, 0.2) is 45.3 Å². The number of nitrogens with one attached hydrogen (secondary N) is 1. The molecule has 4 nitrogen and oxygen atoms in total. The molecule has 7 heteroatoms. The molecule has 0 aliphatic heterocycles. The van der Waals surface area contributed by atoms with Gasteiger partial charge in [0.15, 0.2) is 0 Å². The van der Waals surface area contributed by atoms with E-state index in [9.17, 15) is 10.1 Å². The van der Waals surface area contributed by atoms with Crippen LogP contribution in [0.5, 0.6) is 0 Å². The fraction of sp³-hybridized carbons (Fsp3) is 0. The molecule has 0 spiro atoms. The molecule has 0 radical (unpaired) electrons. The zero-order valence-electron chi connectivity index (χ0n) is 9.36. The molecule has 2 aromatic rings. The third kappa shape index (κ3) is 3.46. The van der Waals surface area contributed by atoms with E-state index >= 15 is 0 Å². The van der Waals surface area contributed by atoms with Crippen LogP contribution < -0.4 is 5.32 Å². The Bertz CT molecular complexity index is 650. The summed E-state index contributed by atoms with van der Waals surface area (Å²) >= 11 is 12.4. The van der Waals surface area contributed by atoms with Gasteiger partial charge in [0.05, 0.1) is 9.95 Å². The molecule has 0 aliphatic carbocycles. The highest BCUT2D eigenvalue weighted by atomic mass is 79.9. The van der Waals surface area contributed by atoms with E-state index in [1.54, 1.807) is 30.3 Å². The van der Waals surface area contributed by atoms with Crippen molar-refractivity contribution in [3.8, 4) is 0 Å². The SMILES string of the molecule is O=[N+]([O-])c1cc(Br)ccc1Nc1ccc(Cl)c(Br)c1. The van der Waals surface area contributed by atoms with Gasteiger partial charge >= 0.3 is 0 Å². The maximum absolute atomic E-state index is 11.0. The largest absolute Gasteiger partial charge is 0.350 e. The number of nitro benzene ring substituents is 1. The Morgan fingerprint density at radius 1 is 1.16 bits per heavy atom. The Morgan fingerprint density at radius 3 is 2.53 bits per heavy atom. The molecule has 1 N–H and O–H groups in total. The molecule has 0 fully saturated rings. The summed E-state index contributed by atoms with van der Waals surface area (Å²) in [5.41, 5.74) is 1.13. The van der Waals surface area contributed by atoms with Crippen LogP contribution >= 0.6 is 43.5 Å². The van der Waals surface area contributed by atoms with Crippen LogP contribution in [-0.4, -0.2) is 4.92 Å². The van der Waals surface area contributed by atoms with Gasteiger partial charge in [-0.1, -0.05) is 27.5 Å². The van der Waals surface area contributed by atoms with E-state index in [0.717, 1.165) is 4.47 Å². The third-order valence-electron chi connectivity index (χ3n) is 2.36. The highest BCUT2D eigenvalue weighted by Gasteiger charge is 2.14. The van der Waals surface area contributed by atoms with Crippen LogP contribution in [0.4, 0.5) is 17.1 Å². The van der Waals surface area contributed by atoms with Gasteiger partial charge in [0.1, 0.15) is 5.69 Å². The molecule has 0 saturated carbocycles. The summed E-state index contributed by atoms with van der Waals surface area (Å²) < 4.78 is 1.38. The molecular formula is C12H7Br2ClN2O2. The number of benzene rings is 2. The van der Waals surface area contributed by atoms with E-state index in [1.165, 1.54) is 6.07 Å². The maximum atomic E-state index is 11.0. The summed E-state index contributed by atoms with van der Waals surface area (Å²) in [6.07, 6.45) is 0. The minimum Gasteiger partial charge on any atom is -0.350 e. The summed E-state index contributed by atoms with van der Waals surface area (Å²) in [6.45, 7) is 0. The number of hydrogen-bond donors (Lipinski definition) is 1. The van der Waals surface area contributed by atoms with Gasteiger partial charge in [0.2, 0.25) is 0 Å². The molecule has 0 aromatic heterocycles. The first-order valence-electron chi connectivity index (χ1n) is 5.13. The van der Waals surface area contributed by atoms with E-state index in [0.29, 0.717) is 20.9 Å². The van der Waals surface area contributed by atoms with Gasteiger partial charge in [-0.3, -0.25) is 10.1 Å². The molecule has 2 rings (SSSR count). The smallest absolute Gasteiger partial charge is 0.293 e. The van der Waals surface area contributed by atoms with E-state index < -0.39 is 4.92 Å². The molecule has 0 atom stereocenters. The predicted octanol–water partition coefficient (Wildman–Crippen LogP) is 5.52. The van der Waals surface area contributed by atoms with Crippen LogP contribution in [0.25, 0.3) is 0 Å². The molecule has 19 heavy (non-hydrogen) atoms. The van der Waals surface area contributed by atoms with Gasteiger partial charge < -0.3 is 5.32 Å². The number of anilines is 2. The van der Waals surface area contributed by atoms with Crippen molar-refractivity contribution in [1.29, 1.82) is 0 Å². The standard InChI is InChI=1S/C12H7Br2ClN2O2/c13-7-1-4-11(12(5-7)17(18)19)16-8-2-3-10(15)9(14)6-8/h1-6,16H. The van der Waals surface area contributed by atoms with Crippen LogP contribution in [0.3, 0.4) is 0 Å². The highest BCUT2D eigenvalue weighted by Crippen LogP contribution is 2.32. The van der Waals surface area contributed by atoms with Crippen LogP contribution in [0.2, 0.25) is 5.02 Å². The molecule has 2 aromatic carbocycles. The van der Waals surface area contributed by atoms with E-state index in [4.69, 9.17) is 11.6 Å². The monoisotopic (exact) mass is 404 g/mol. The van der Waals surface area contributed by atoms with Crippen molar-refractivity contribution in [3.05, 3.63) is 60.5 Å². The van der Waals surface area contributed by atoms with Crippen molar-refractivity contribution < 1.29 is 4.92 Å². The number of rotatable bonds is 3. The second-order valence-corrected chi connectivity index (χ2v) is 5.85. The van der Waals surface area contributed by atoms with Gasteiger partial charge in [0, 0.05) is 20.7 Å². The Balaban J connectivity index is 2.37. The Hall–Kier alpha value is -1.11. The Kier molecular flexibility index (Phi) is 4.44. The van der Waals surface area contributed by atoms with E-state index in [-0.39, 0.29) is 5.69 Å². The highest BCUT2D eigenvalue weighted by molar-refractivity contribution is 9.10. The van der Waals surface area contributed by atoms with Crippen LogP contribution in [0, 0.1) is 10.1 Å². The zero-order valence-corrected chi connectivity index (χ0v) is 13.3. The summed E-state index contributed by atoms with van der Waals surface area (Å²) in [7, 11) is 0. The van der Waals surface area contributed by atoms with Crippen molar-refractivity contribution in [2.45, 2.75) is 0 Å². The third-order valence-corrected chi connectivity index (χ3v) is 4.06. The average Bonchev–Trinajstić information content (AvgIpc) is 2.36. The molecule has 0 bridgehead atoms. The van der Waals surface area contributed by atoms with Gasteiger partial charge in [-0.05, 0) is 46.3 Å². The number of hydrogen-bond acceptors (Lipinski definition) is 3. The molecule has 0 aliphatic rings. The van der Waals surface area contributed by atoms with Gasteiger partial charge in [-0.15, -0.1) is 0 Å². The van der Waals surface area contributed by atoms with Crippen molar-refractivity contribution in [2.75, 3.05) is 5.32 Å². The van der Waals surface area contributed by atoms with Crippen molar-refractivity contribution in [1.82, 2.24) is 0 Å². The molecule has 0 unspecified atom stereocenters. The van der Waals surface area contributed by atoms with Gasteiger partial charge in [-0.2, -0.15) is 0 Å². The average molecular weight is 406 g/mol. The molecule has 0 heterocycles. The van der Waals surface area contributed by atoms with E-state index in [1.807, 2.05) is 0 Å². The molecular weight excluding hydrogens is 399 g/mol. The lowest BCUT2D eigenvalue weighted by molar-refractivity contribution is -0.384. The zero-order chi connectivity index (χ0) is 14.0. The lowest BCUT2D eigenvalue weighted by atomic mass is 10.2. The van der Waals surface area contributed by atoms with Gasteiger partial charge in [0.25, 0.3) is 5.69 Å². The molecule has 0 saturated heterocycles. The Labute approximate surface area is 131 Å². The summed E-state index contributed by atoms with van der Waals surface area (Å²) in [5, 5.41) is 14.6. The first-order chi connectivity index (χ1) is 8.97. The lowest BCUT2D eigenvalue weighted by Gasteiger charge is -2.08. The quantitative estimate of drug-likeness (QED) is 0.540. The maximum Gasteiger partial charge on any atom is 0.293 e. The van der Waals surface area contributed by atoms with Crippen LogP contribution in [0.1, 0.15) is 0 Å².